The highest BCUT2D eigenvalue weighted by molar-refractivity contribution is 5.83. The van der Waals surface area contributed by atoms with E-state index >= 15 is 0 Å². The average molecular weight is 358 g/mol. The summed E-state index contributed by atoms with van der Waals surface area (Å²) in [7, 11) is 0. The fourth-order valence-corrected chi connectivity index (χ4v) is 3.84. The number of benzene rings is 3. The van der Waals surface area contributed by atoms with Gasteiger partial charge in [-0.2, -0.15) is 0 Å². The minimum Gasteiger partial charge on any atom is -0.486 e. The molecular formula is C23H22N2O2. The van der Waals surface area contributed by atoms with E-state index in [1.807, 2.05) is 18.2 Å². The third-order valence-corrected chi connectivity index (χ3v) is 5.23. The monoisotopic (exact) mass is 358 g/mol. The Bertz CT molecular complexity index is 1080. The van der Waals surface area contributed by atoms with Gasteiger partial charge in [-0.15, -0.1) is 0 Å². The van der Waals surface area contributed by atoms with E-state index in [0.717, 1.165) is 48.6 Å². The number of fused-ring (bicyclic) bond motifs is 2. The molecule has 5 rings (SSSR count). The molecule has 1 unspecified atom stereocenters. The van der Waals surface area contributed by atoms with E-state index in [4.69, 9.17) is 14.5 Å². The van der Waals surface area contributed by atoms with Gasteiger partial charge in [-0.25, -0.2) is 4.98 Å². The first kappa shape index (κ1) is 16.3. The Morgan fingerprint density at radius 2 is 1.85 bits per heavy atom. The number of hydrogen-bond donors (Lipinski definition) is 0. The van der Waals surface area contributed by atoms with Gasteiger partial charge in [0.15, 0.2) is 0 Å². The zero-order valence-corrected chi connectivity index (χ0v) is 15.2. The maximum atomic E-state index is 6.11. The van der Waals surface area contributed by atoms with Crippen molar-refractivity contribution in [2.45, 2.75) is 32.1 Å². The van der Waals surface area contributed by atoms with Crippen LogP contribution in [0.3, 0.4) is 0 Å². The molecule has 0 saturated carbocycles. The summed E-state index contributed by atoms with van der Waals surface area (Å²) in [5.74, 6) is 1.81. The average Bonchev–Trinajstić information content (AvgIpc) is 3.35. The van der Waals surface area contributed by atoms with Crippen LogP contribution in [0.4, 0.5) is 0 Å². The van der Waals surface area contributed by atoms with Crippen LogP contribution >= 0.6 is 0 Å². The molecule has 27 heavy (non-hydrogen) atoms. The molecule has 4 nitrogen and oxygen atoms in total. The first-order valence-electron chi connectivity index (χ1n) is 9.54. The Morgan fingerprint density at radius 1 is 1.00 bits per heavy atom. The zero-order valence-electron chi connectivity index (χ0n) is 15.2. The molecule has 3 aromatic carbocycles. The standard InChI is InChI=1S/C23H22N2O2/c1-2-7-18-14-19(12-11-17(18)6-1)27-16-23-24-21-9-3-4-10-22(21)25(23)15-20-8-5-13-26-20/h1-4,6-7,9-12,14,20H,5,8,13,15-16H2. The highest BCUT2D eigenvalue weighted by Crippen LogP contribution is 2.24. The molecule has 0 aliphatic carbocycles. The fraction of sp³-hybridized carbons (Fsp3) is 0.261. The van der Waals surface area contributed by atoms with Crippen molar-refractivity contribution in [1.29, 1.82) is 0 Å². The van der Waals surface area contributed by atoms with Gasteiger partial charge in [0.25, 0.3) is 0 Å². The molecule has 1 aliphatic heterocycles. The van der Waals surface area contributed by atoms with Crippen LogP contribution in [-0.2, 0) is 17.9 Å². The zero-order chi connectivity index (χ0) is 18.1. The van der Waals surface area contributed by atoms with Crippen molar-refractivity contribution >= 4 is 21.8 Å². The van der Waals surface area contributed by atoms with Crippen LogP contribution in [0.5, 0.6) is 5.75 Å². The van der Waals surface area contributed by atoms with Crippen molar-refractivity contribution < 1.29 is 9.47 Å². The smallest absolute Gasteiger partial charge is 0.148 e. The van der Waals surface area contributed by atoms with Gasteiger partial charge in [-0.1, -0.05) is 42.5 Å². The second-order valence-corrected chi connectivity index (χ2v) is 7.06. The Labute approximate surface area is 158 Å². The van der Waals surface area contributed by atoms with Gasteiger partial charge in [0.2, 0.25) is 0 Å². The van der Waals surface area contributed by atoms with Crippen LogP contribution in [0, 0.1) is 0 Å². The van der Waals surface area contributed by atoms with Crippen molar-refractivity contribution in [2.75, 3.05) is 6.61 Å². The van der Waals surface area contributed by atoms with E-state index in [1.54, 1.807) is 0 Å². The molecule has 1 aliphatic rings. The molecule has 2 heterocycles. The Morgan fingerprint density at radius 3 is 2.74 bits per heavy atom. The molecule has 1 aromatic heterocycles. The van der Waals surface area contributed by atoms with Crippen molar-refractivity contribution in [3.05, 3.63) is 72.6 Å². The molecule has 1 atom stereocenters. The number of rotatable bonds is 5. The van der Waals surface area contributed by atoms with Gasteiger partial charge >= 0.3 is 0 Å². The summed E-state index contributed by atoms with van der Waals surface area (Å²) in [5, 5.41) is 2.40. The van der Waals surface area contributed by atoms with Gasteiger partial charge in [-0.05, 0) is 47.9 Å². The number of nitrogens with zero attached hydrogens (tertiary/aromatic N) is 2. The molecule has 0 N–H and O–H groups in total. The predicted molar refractivity (Wildman–Crippen MR) is 107 cm³/mol. The minimum atomic E-state index is 0.266. The topological polar surface area (TPSA) is 36.3 Å². The molecule has 0 radical (unpaired) electrons. The van der Waals surface area contributed by atoms with Crippen LogP contribution in [0.1, 0.15) is 18.7 Å². The highest BCUT2D eigenvalue weighted by Gasteiger charge is 2.20. The molecule has 136 valence electrons. The van der Waals surface area contributed by atoms with Crippen LogP contribution in [0.25, 0.3) is 21.8 Å². The SMILES string of the molecule is c1ccc2cc(OCc3nc4ccccc4n3CC3CCCO3)ccc2c1. The number of hydrogen-bond acceptors (Lipinski definition) is 3. The van der Waals surface area contributed by atoms with E-state index in [-0.39, 0.29) is 6.10 Å². The lowest BCUT2D eigenvalue weighted by Crippen LogP contribution is -2.17. The quantitative estimate of drug-likeness (QED) is 0.506. The summed E-state index contributed by atoms with van der Waals surface area (Å²) in [6.45, 7) is 2.14. The molecule has 0 amide bonds. The number of aromatic nitrogens is 2. The van der Waals surface area contributed by atoms with Crippen molar-refractivity contribution in [2.24, 2.45) is 0 Å². The summed E-state index contributed by atoms with van der Waals surface area (Å²) in [6, 6.07) is 22.8. The number of para-hydroxylation sites is 2. The van der Waals surface area contributed by atoms with Gasteiger partial charge in [-0.3, -0.25) is 0 Å². The van der Waals surface area contributed by atoms with E-state index < -0.39 is 0 Å². The summed E-state index contributed by atoms with van der Waals surface area (Å²) in [6.07, 6.45) is 2.51. The molecule has 4 aromatic rings. The van der Waals surface area contributed by atoms with Crippen LogP contribution < -0.4 is 4.74 Å². The first-order chi connectivity index (χ1) is 13.4. The Kier molecular flexibility index (Phi) is 4.26. The molecule has 4 heteroatoms. The van der Waals surface area contributed by atoms with E-state index in [0.29, 0.717) is 6.61 Å². The van der Waals surface area contributed by atoms with Crippen molar-refractivity contribution in [1.82, 2.24) is 9.55 Å². The largest absolute Gasteiger partial charge is 0.486 e. The normalized spacial score (nSPS) is 17.0. The minimum absolute atomic E-state index is 0.266. The lowest BCUT2D eigenvalue weighted by molar-refractivity contribution is 0.0963. The van der Waals surface area contributed by atoms with Crippen LogP contribution in [0.15, 0.2) is 66.7 Å². The van der Waals surface area contributed by atoms with Gasteiger partial charge in [0, 0.05) is 6.61 Å². The third-order valence-electron chi connectivity index (χ3n) is 5.23. The molecule has 0 spiro atoms. The lowest BCUT2D eigenvalue weighted by Gasteiger charge is -2.15. The maximum Gasteiger partial charge on any atom is 0.148 e. The van der Waals surface area contributed by atoms with Crippen molar-refractivity contribution in [3.63, 3.8) is 0 Å². The lowest BCUT2D eigenvalue weighted by atomic mass is 10.1. The fourth-order valence-electron chi connectivity index (χ4n) is 3.84. The van der Waals surface area contributed by atoms with E-state index in [2.05, 4.69) is 53.1 Å². The molecule has 1 fully saturated rings. The summed E-state index contributed by atoms with van der Waals surface area (Å²) >= 11 is 0. The number of ether oxygens (including phenoxy) is 2. The van der Waals surface area contributed by atoms with Gasteiger partial charge in [0.05, 0.1) is 23.7 Å². The maximum absolute atomic E-state index is 6.11. The summed E-state index contributed by atoms with van der Waals surface area (Å²) in [5.41, 5.74) is 2.15. The summed E-state index contributed by atoms with van der Waals surface area (Å²) in [4.78, 5) is 4.81. The van der Waals surface area contributed by atoms with Gasteiger partial charge < -0.3 is 14.0 Å². The number of imidazole rings is 1. The third kappa shape index (κ3) is 3.28. The Balaban J connectivity index is 1.42. The second-order valence-electron chi connectivity index (χ2n) is 7.06. The second kappa shape index (κ2) is 7.05. The van der Waals surface area contributed by atoms with E-state index in [9.17, 15) is 0 Å². The van der Waals surface area contributed by atoms with Crippen LogP contribution in [-0.4, -0.2) is 22.3 Å². The Hall–Kier alpha value is -2.85. The van der Waals surface area contributed by atoms with Crippen molar-refractivity contribution in [3.8, 4) is 5.75 Å². The molecule has 0 bridgehead atoms. The molecule has 1 saturated heterocycles. The van der Waals surface area contributed by atoms with Gasteiger partial charge in [0.1, 0.15) is 18.2 Å². The van der Waals surface area contributed by atoms with Crippen LogP contribution in [0.2, 0.25) is 0 Å². The molecular weight excluding hydrogens is 336 g/mol. The first-order valence-corrected chi connectivity index (χ1v) is 9.54. The summed E-state index contributed by atoms with van der Waals surface area (Å²) < 4.78 is 14.2. The highest BCUT2D eigenvalue weighted by atomic mass is 16.5. The van der Waals surface area contributed by atoms with E-state index in [1.165, 1.54) is 10.8 Å². The predicted octanol–water partition coefficient (Wildman–Crippen LogP) is 4.95.